The molecule has 0 spiro atoms. The molecule has 2 unspecified atom stereocenters. The smallest absolute Gasteiger partial charge is 0.411 e. The highest BCUT2D eigenvalue weighted by Crippen LogP contribution is 2.46. The zero-order valence-corrected chi connectivity index (χ0v) is 18.3. The third-order valence-electron chi connectivity index (χ3n) is 5.33. The van der Waals surface area contributed by atoms with Gasteiger partial charge in [-0.2, -0.15) is 0 Å². The number of carbonyl (C=O) groups is 3. The largest absolute Gasteiger partial charge is 0.453 e. The van der Waals surface area contributed by atoms with Crippen LogP contribution in [0.1, 0.15) is 31.9 Å². The lowest BCUT2D eigenvalue weighted by molar-refractivity contribution is -0.145. The summed E-state index contributed by atoms with van der Waals surface area (Å²) in [6, 6.07) is 9.92. The number of pyridine rings is 1. The molecule has 1 aliphatic carbocycles. The fourth-order valence-corrected chi connectivity index (χ4v) is 3.64. The molecule has 8 heteroatoms. The van der Waals surface area contributed by atoms with Crippen LogP contribution in [-0.2, 0) is 19.7 Å². The van der Waals surface area contributed by atoms with Gasteiger partial charge in [0.25, 0.3) is 0 Å². The van der Waals surface area contributed by atoms with Crippen molar-refractivity contribution in [3.8, 4) is 5.75 Å². The van der Waals surface area contributed by atoms with Crippen LogP contribution < -0.4 is 10.1 Å². The van der Waals surface area contributed by atoms with Crippen LogP contribution in [0.4, 0.5) is 10.5 Å². The number of halogens is 1. The molecule has 1 aliphatic rings. The highest BCUT2D eigenvalue weighted by Gasteiger charge is 2.51. The monoisotopic (exact) mass is 474 g/mol. The van der Waals surface area contributed by atoms with Crippen LogP contribution in [0.3, 0.4) is 0 Å². The molecule has 1 saturated carbocycles. The summed E-state index contributed by atoms with van der Waals surface area (Å²) < 4.78 is 11.0. The number of methoxy groups -OCH3 is 1. The molecule has 1 aromatic carbocycles. The molecule has 30 heavy (non-hydrogen) atoms. The van der Waals surface area contributed by atoms with Gasteiger partial charge in [-0.25, -0.2) is 4.79 Å². The predicted molar refractivity (Wildman–Crippen MR) is 114 cm³/mol. The number of benzene rings is 1. The number of esters is 1. The van der Waals surface area contributed by atoms with E-state index in [9.17, 15) is 14.4 Å². The van der Waals surface area contributed by atoms with E-state index in [-0.39, 0.29) is 0 Å². The zero-order valence-electron chi connectivity index (χ0n) is 16.8. The number of hydrogen-bond donors (Lipinski definition) is 1. The maximum atomic E-state index is 13.5. The summed E-state index contributed by atoms with van der Waals surface area (Å²) in [5, 5.41) is 2.53. The number of carbonyl (C=O) groups excluding carboxylic acids is 3. The lowest BCUT2D eigenvalue weighted by atomic mass is 9.70. The number of anilines is 1. The van der Waals surface area contributed by atoms with Gasteiger partial charge < -0.3 is 14.3 Å². The topological polar surface area (TPSA) is 94.6 Å². The molecule has 1 heterocycles. The summed E-state index contributed by atoms with van der Waals surface area (Å²) in [6.45, 7) is 1.73. The van der Waals surface area contributed by atoms with Gasteiger partial charge in [0.1, 0.15) is 17.5 Å². The summed E-state index contributed by atoms with van der Waals surface area (Å²) in [7, 11) is 1.27. The highest BCUT2D eigenvalue weighted by atomic mass is 79.9. The van der Waals surface area contributed by atoms with Gasteiger partial charge in [0.15, 0.2) is 0 Å². The molecule has 158 valence electrons. The molecule has 0 saturated heterocycles. The Morgan fingerprint density at radius 3 is 2.50 bits per heavy atom. The van der Waals surface area contributed by atoms with Crippen molar-refractivity contribution in [2.45, 2.75) is 31.6 Å². The molecule has 0 bridgehead atoms. The van der Waals surface area contributed by atoms with Crippen molar-refractivity contribution in [1.82, 2.24) is 4.98 Å². The molecule has 1 N–H and O–H groups in total. The summed E-state index contributed by atoms with van der Waals surface area (Å²) in [6.07, 6.45) is 4.36. The van der Waals surface area contributed by atoms with Gasteiger partial charge in [0, 0.05) is 22.3 Å². The first-order chi connectivity index (χ1) is 14.4. The van der Waals surface area contributed by atoms with E-state index in [1.54, 1.807) is 43.5 Å². The van der Waals surface area contributed by atoms with Crippen LogP contribution >= 0.6 is 15.9 Å². The van der Waals surface area contributed by atoms with Crippen LogP contribution in [0.2, 0.25) is 0 Å². The van der Waals surface area contributed by atoms with Crippen LogP contribution in [0, 0.1) is 11.8 Å². The number of hydrogen-bond acceptors (Lipinski definition) is 6. The zero-order chi connectivity index (χ0) is 21.7. The Bertz CT molecular complexity index is 912. The van der Waals surface area contributed by atoms with Crippen LogP contribution in [-0.4, -0.2) is 30.4 Å². The number of aldehydes is 1. The Morgan fingerprint density at radius 2 is 1.97 bits per heavy atom. The number of nitrogens with one attached hydrogen (secondary N) is 1. The number of rotatable bonds is 8. The molecule has 3 rings (SSSR count). The van der Waals surface area contributed by atoms with E-state index in [0.29, 0.717) is 29.5 Å². The number of nitrogens with zero attached hydrogens (tertiary/aromatic N) is 1. The highest BCUT2D eigenvalue weighted by molar-refractivity contribution is 9.10. The van der Waals surface area contributed by atoms with Crippen LogP contribution in [0.15, 0.2) is 47.1 Å². The average Bonchev–Trinajstić information content (AvgIpc) is 3.57. The molecule has 2 atom stereocenters. The Hall–Kier alpha value is -2.74. The van der Waals surface area contributed by atoms with Gasteiger partial charge in [0.05, 0.1) is 12.8 Å². The molecular formula is C22H23BrN2O5. The quantitative estimate of drug-likeness (QED) is 0.343. The first kappa shape index (κ1) is 22.0. The van der Waals surface area contributed by atoms with Gasteiger partial charge in [-0.05, 0) is 64.7 Å². The molecular weight excluding hydrogens is 452 g/mol. The molecule has 1 fully saturated rings. The van der Waals surface area contributed by atoms with Gasteiger partial charge in [-0.3, -0.25) is 15.1 Å². The maximum Gasteiger partial charge on any atom is 0.411 e. The van der Waals surface area contributed by atoms with E-state index >= 15 is 0 Å². The van der Waals surface area contributed by atoms with Crippen molar-refractivity contribution in [2.75, 3.05) is 12.4 Å². The van der Waals surface area contributed by atoms with Crippen LogP contribution in [0.5, 0.6) is 5.75 Å². The average molecular weight is 475 g/mol. The summed E-state index contributed by atoms with van der Waals surface area (Å²) in [4.78, 5) is 41.1. The molecule has 7 nitrogen and oxygen atoms in total. The minimum absolute atomic E-state index is 0.311. The summed E-state index contributed by atoms with van der Waals surface area (Å²) in [5.41, 5.74) is -0.153. The summed E-state index contributed by atoms with van der Waals surface area (Å²) in [5.74, 6) is -0.458. The van der Waals surface area contributed by atoms with Gasteiger partial charge in [-0.1, -0.05) is 19.8 Å². The SMILES string of the molecule is COC(=O)Nc1ccc(OC(=O)C(CC2CC2)(c2ccc(Br)cn2)C(C)C=O)cc1. The fourth-order valence-electron chi connectivity index (χ4n) is 3.40. The Labute approximate surface area is 183 Å². The molecule has 1 amide bonds. The predicted octanol–water partition coefficient (Wildman–Crippen LogP) is 4.50. The third kappa shape index (κ3) is 4.87. The molecule has 1 aromatic heterocycles. The summed E-state index contributed by atoms with van der Waals surface area (Å²) >= 11 is 3.36. The standard InChI is InChI=1S/C22H23BrN2O5/c1-14(13-26)22(11-15-3-4-15,19-10-5-16(23)12-24-19)20(27)30-18-8-6-17(7-9-18)25-21(28)29-2/h5-10,12-15H,3-4,11H2,1-2H3,(H,25,28). The molecule has 0 aliphatic heterocycles. The second-order valence-electron chi connectivity index (χ2n) is 7.44. The van der Waals surface area contributed by atoms with Crippen molar-refractivity contribution < 1.29 is 23.9 Å². The van der Waals surface area contributed by atoms with E-state index in [4.69, 9.17) is 4.74 Å². The normalized spacial score (nSPS) is 16.1. The van der Waals surface area contributed by atoms with Gasteiger partial charge >= 0.3 is 12.1 Å². The number of aromatic nitrogens is 1. The van der Waals surface area contributed by atoms with Crippen molar-refractivity contribution in [2.24, 2.45) is 11.8 Å². The molecule has 2 aromatic rings. The first-order valence-electron chi connectivity index (χ1n) is 9.63. The van der Waals surface area contributed by atoms with Crippen molar-refractivity contribution in [1.29, 1.82) is 0 Å². The fraction of sp³-hybridized carbons (Fsp3) is 0.364. The van der Waals surface area contributed by atoms with E-state index in [1.807, 2.05) is 6.07 Å². The number of ether oxygens (including phenoxy) is 2. The number of amides is 1. The second kappa shape index (κ2) is 9.38. The first-order valence-corrected chi connectivity index (χ1v) is 10.4. The Kier molecular flexibility index (Phi) is 6.87. The second-order valence-corrected chi connectivity index (χ2v) is 8.35. The lowest BCUT2D eigenvalue weighted by Gasteiger charge is -2.34. The van der Waals surface area contributed by atoms with E-state index in [0.717, 1.165) is 23.6 Å². The Balaban J connectivity index is 1.90. The Morgan fingerprint density at radius 1 is 1.27 bits per heavy atom. The van der Waals surface area contributed by atoms with Crippen molar-refractivity contribution >= 4 is 40.0 Å². The van der Waals surface area contributed by atoms with Crippen LogP contribution in [0.25, 0.3) is 0 Å². The van der Waals surface area contributed by atoms with E-state index in [2.05, 4.69) is 31.0 Å². The maximum absolute atomic E-state index is 13.5. The van der Waals surface area contributed by atoms with E-state index in [1.165, 1.54) is 7.11 Å². The van der Waals surface area contributed by atoms with E-state index < -0.39 is 23.4 Å². The lowest BCUT2D eigenvalue weighted by Crippen LogP contribution is -2.46. The minimum atomic E-state index is -1.17. The van der Waals surface area contributed by atoms with Gasteiger partial charge in [-0.15, -0.1) is 0 Å². The molecule has 0 radical (unpaired) electrons. The van der Waals surface area contributed by atoms with Crippen molar-refractivity contribution in [3.63, 3.8) is 0 Å². The minimum Gasteiger partial charge on any atom is -0.453 e. The van der Waals surface area contributed by atoms with Gasteiger partial charge in [0.2, 0.25) is 0 Å². The third-order valence-corrected chi connectivity index (χ3v) is 5.80. The van der Waals surface area contributed by atoms with Crippen molar-refractivity contribution in [3.05, 3.63) is 52.8 Å².